The van der Waals surface area contributed by atoms with Gasteiger partial charge in [-0.25, -0.2) is 8.42 Å². The van der Waals surface area contributed by atoms with Gasteiger partial charge in [0.1, 0.15) is 5.25 Å². The number of hydrogen-bond donors (Lipinski definition) is 2. The molecule has 0 aliphatic rings. The van der Waals surface area contributed by atoms with Crippen LogP contribution < -0.4 is 10.6 Å². The summed E-state index contributed by atoms with van der Waals surface area (Å²) in [7, 11) is -3.80. The fourth-order valence-electron chi connectivity index (χ4n) is 2.59. The van der Waals surface area contributed by atoms with Crippen molar-refractivity contribution in [1.82, 2.24) is 15.6 Å². The lowest BCUT2D eigenvalue weighted by Gasteiger charge is -2.18. The maximum atomic E-state index is 13.2. The molecule has 0 radical (unpaired) electrons. The minimum atomic E-state index is -3.80. The van der Waals surface area contributed by atoms with Gasteiger partial charge in [-0.2, -0.15) is 0 Å². The number of hydrogen-bond acceptors (Lipinski definition) is 5. The molecule has 2 rings (SSSR count). The van der Waals surface area contributed by atoms with Gasteiger partial charge in [-0.1, -0.05) is 37.1 Å². The van der Waals surface area contributed by atoms with Crippen molar-refractivity contribution in [2.75, 3.05) is 13.1 Å². The summed E-state index contributed by atoms with van der Waals surface area (Å²) < 4.78 is 26.3. The van der Waals surface area contributed by atoms with Gasteiger partial charge in [-0.3, -0.25) is 14.6 Å². The van der Waals surface area contributed by atoms with Gasteiger partial charge in [0.2, 0.25) is 0 Å². The molecule has 1 aromatic carbocycles. The summed E-state index contributed by atoms with van der Waals surface area (Å²) in [6, 6.07) is 9.77. The minimum absolute atomic E-state index is 0.147. The number of carbonyl (C=O) groups excluding carboxylic acids is 2. The predicted molar refractivity (Wildman–Crippen MR) is 106 cm³/mol. The second-order valence-electron chi connectivity index (χ2n) is 6.45. The van der Waals surface area contributed by atoms with Gasteiger partial charge >= 0.3 is 11.8 Å². The van der Waals surface area contributed by atoms with Crippen LogP contribution in [0.3, 0.4) is 0 Å². The zero-order valence-corrected chi connectivity index (χ0v) is 16.8. The average Bonchev–Trinajstić information content (AvgIpc) is 2.69. The van der Waals surface area contributed by atoms with Gasteiger partial charge in [0.15, 0.2) is 9.84 Å². The van der Waals surface area contributed by atoms with E-state index in [1.54, 1.807) is 30.5 Å². The van der Waals surface area contributed by atoms with Crippen molar-refractivity contribution in [2.45, 2.75) is 36.8 Å². The van der Waals surface area contributed by atoms with Crippen LogP contribution in [0.15, 0.2) is 53.7 Å². The predicted octanol–water partition coefficient (Wildman–Crippen LogP) is 1.94. The summed E-state index contributed by atoms with van der Waals surface area (Å²) in [5.74, 6) is -1.63. The summed E-state index contributed by atoms with van der Waals surface area (Å²) in [4.78, 5) is 28.0. The average molecular weight is 404 g/mol. The summed E-state index contributed by atoms with van der Waals surface area (Å²) in [6.45, 7) is 4.01. The quantitative estimate of drug-likeness (QED) is 0.518. The third-order valence-electron chi connectivity index (χ3n) is 4.25. The summed E-state index contributed by atoms with van der Waals surface area (Å²) >= 11 is 0. The second kappa shape index (κ2) is 9.98. The van der Waals surface area contributed by atoms with E-state index in [2.05, 4.69) is 15.6 Å². The molecule has 8 heteroatoms. The van der Waals surface area contributed by atoms with E-state index in [1.165, 1.54) is 18.3 Å². The monoisotopic (exact) mass is 403 g/mol. The van der Waals surface area contributed by atoms with Crippen molar-refractivity contribution in [3.05, 3.63) is 59.9 Å². The van der Waals surface area contributed by atoms with Crippen LogP contribution >= 0.6 is 0 Å². The van der Waals surface area contributed by atoms with Crippen molar-refractivity contribution < 1.29 is 18.0 Å². The molecule has 1 atom stereocenters. The Morgan fingerprint density at radius 2 is 1.75 bits per heavy atom. The number of amides is 2. The summed E-state index contributed by atoms with van der Waals surface area (Å²) in [5, 5.41) is 3.89. The van der Waals surface area contributed by atoms with Crippen LogP contribution in [0.1, 0.15) is 36.1 Å². The van der Waals surface area contributed by atoms with Gasteiger partial charge in [0, 0.05) is 25.5 Å². The number of aromatic nitrogens is 1. The van der Waals surface area contributed by atoms with Crippen LogP contribution in [-0.4, -0.2) is 38.3 Å². The molecule has 0 bridgehead atoms. The highest BCUT2D eigenvalue weighted by Gasteiger charge is 2.30. The molecule has 28 heavy (non-hydrogen) atoms. The van der Waals surface area contributed by atoms with Crippen LogP contribution in [0.4, 0.5) is 0 Å². The first-order chi connectivity index (χ1) is 13.4. The lowest BCUT2D eigenvalue weighted by Crippen LogP contribution is -2.42. The molecule has 1 heterocycles. The second-order valence-corrected chi connectivity index (χ2v) is 8.58. The van der Waals surface area contributed by atoms with Crippen LogP contribution in [-0.2, 0) is 19.4 Å². The van der Waals surface area contributed by atoms with E-state index in [-0.39, 0.29) is 11.4 Å². The van der Waals surface area contributed by atoms with E-state index in [0.29, 0.717) is 12.1 Å². The number of benzene rings is 1. The number of rotatable bonds is 8. The highest BCUT2D eigenvalue weighted by atomic mass is 32.2. The first-order valence-electron chi connectivity index (χ1n) is 9.12. The Kier molecular flexibility index (Phi) is 7.69. The van der Waals surface area contributed by atoms with Crippen LogP contribution in [0.25, 0.3) is 0 Å². The molecule has 2 amide bonds. The Morgan fingerprint density at radius 3 is 2.36 bits per heavy atom. The fourth-order valence-corrected chi connectivity index (χ4v) is 4.23. The van der Waals surface area contributed by atoms with E-state index in [1.807, 2.05) is 13.8 Å². The van der Waals surface area contributed by atoms with E-state index >= 15 is 0 Å². The number of carbonyl (C=O) groups is 2. The number of nitrogens with one attached hydrogen (secondary N) is 2. The smallest absolute Gasteiger partial charge is 0.309 e. The van der Waals surface area contributed by atoms with Crippen LogP contribution in [0.5, 0.6) is 0 Å². The number of aryl methyl sites for hydroxylation is 1. The Bertz CT molecular complexity index is 897. The van der Waals surface area contributed by atoms with Crippen molar-refractivity contribution in [2.24, 2.45) is 0 Å². The van der Waals surface area contributed by atoms with Crippen LogP contribution in [0, 0.1) is 6.92 Å². The zero-order valence-electron chi connectivity index (χ0n) is 16.0. The summed E-state index contributed by atoms with van der Waals surface area (Å²) in [6.07, 6.45) is 4.64. The normalized spacial score (nSPS) is 12.2. The Labute approximate surface area is 165 Å². The van der Waals surface area contributed by atoms with Gasteiger partial charge in [0.05, 0.1) is 4.90 Å². The first kappa shape index (κ1) is 21.6. The number of unbranched alkanes of at least 4 members (excludes halogenated alkanes) is 1. The number of sulfone groups is 1. The maximum Gasteiger partial charge on any atom is 0.309 e. The largest absolute Gasteiger partial charge is 0.348 e. The lowest BCUT2D eigenvalue weighted by atomic mass is 10.2. The fraction of sp³-hybridized carbons (Fsp3) is 0.350. The van der Waals surface area contributed by atoms with Crippen molar-refractivity contribution in [3.8, 4) is 0 Å². The van der Waals surface area contributed by atoms with E-state index in [9.17, 15) is 18.0 Å². The maximum absolute atomic E-state index is 13.2. The third kappa shape index (κ3) is 5.63. The van der Waals surface area contributed by atoms with E-state index < -0.39 is 26.9 Å². The molecule has 0 aliphatic heterocycles. The molecule has 0 unspecified atom stereocenters. The molecular formula is C20H25N3O4S. The van der Waals surface area contributed by atoms with Gasteiger partial charge in [-0.15, -0.1) is 0 Å². The molecule has 150 valence electrons. The number of pyridine rings is 1. The van der Waals surface area contributed by atoms with Crippen molar-refractivity contribution in [1.29, 1.82) is 0 Å². The van der Waals surface area contributed by atoms with E-state index in [4.69, 9.17) is 0 Å². The molecule has 2 N–H and O–H groups in total. The highest BCUT2D eigenvalue weighted by Crippen LogP contribution is 2.28. The third-order valence-corrected chi connectivity index (χ3v) is 6.37. The highest BCUT2D eigenvalue weighted by molar-refractivity contribution is 7.91. The molecule has 0 saturated carbocycles. The molecule has 0 aliphatic carbocycles. The van der Waals surface area contributed by atoms with E-state index in [0.717, 1.165) is 18.4 Å². The molecule has 1 aromatic heterocycles. The standard InChI is InChI=1S/C20H25N3O4S/c1-3-4-12-22-19(24)20(25)23-14-18(16-6-5-11-21-13-16)28(26,27)17-9-7-15(2)8-10-17/h5-11,13,18H,3-4,12,14H2,1-2H3,(H,22,24)(H,23,25)/t18-/m1/s1. The molecular weight excluding hydrogens is 378 g/mol. The molecule has 0 spiro atoms. The molecule has 7 nitrogen and oxygen atoms in total. The molecule has 2 aromatic rings. The number of nitrogens with zero attached hydrogens (tertiary/aromatic N) is 1. The zero-order chi connectivity index (χ0) is 20.6. The van der Waals surface area contributed by atoms with Gasteiger partial charge in [0.25, 0.3) is 0 Å². The Balaban J connectivity index is 2.20. The molecule has 0 fully saturated rings. The molecule has 0 saturated heterocycles. The van der Waals surface area contributed by atoms with Gasteiger partial charge < -0.3 is 10.6 Å². The first-order valence-corrected chi connectivity index (χ1v) is 10.7. The Morgan fingerprint density at radius 1 is 1.07 bits per heavy atom. The van der Waals surface area contributed by atoms with Crippen molar-refractivity contribution in [3.63, 3.8) is 0 Å². The minimum Gasteiger partial charge on any atom is -0.348 e. The van der Waals surface area contributed by atoms with Gasteiger partial charge in [-0.05, 0) is 37.1 Å². The SMILES string of the molecule is CCCCNC(=O)C(=O)NC[C@H](c1cccnc1)S(=O)(=O)c1ccc(C)cc1. The topological polar surface area (TPSA) is 105 Å². The summed E-state index contributed by atoms with van der Waals surface area (Å²) in [5.41, 5.74) is 1.38. The lowest BCUT2D eigenvalue weighted by molar-refractivity contribution is -0.139. The van der Waals surface area contributed by atoms with Crippen molar-refractivity contribution >= 4 is 21.7 Å². The Hall–Kier alpha value is -2.74. The van der Waals surface area contributed by atoms with Crippen LogP contribution in [0.2, 0.25) is 0 Å².